The van der Waals surface area contributed by atoms with Gasteiger partial charge < -0.3 is 16.0 Å². The Morgan fingerprint density at radius 2 is 1.68 bits per heavy atom. The maximum atomic E-state index is 11.8. The molecule has 0 spiro atoms. The first-order chi connectivity index (χ1) is 14.2. The molecule has 0 bridgehead atoms. The molecule has 0 fully saturated rings. The smallest absolute Gasteiger partial charge is 0.224 e. The molecule has 2 rings (SSSR count). The van der Waals surface area contributed by atoms with E-state index in [0.717, 1.165) is 28.8 Å². The Labute approximate surface area is 202 Å². The van der Waals surface area contributed by atoms with Crippen LogP contribution in [0.2, 0.25) is 0 Å². The molecule has 0 saturated heterocycles. The summed E-state index contributed by atoms with van der Waals surface area (Å²) >= 11 is 0. The first kappa shape index (κ1) is 26.9. The van der Waals surface area contributed by atoms with E-state index in [0.29, 0.717) is 30.4 Å². The zero-order valence-corrected chi connectivity index (χ0v) is 21.5. The third-order valence-electron chi connectivity index (χ3n) is 4.47. The fraction of sp³-hybridized carbons (Fsp3) is 0.364. The van der Waals surface area contributed by atoms with Gasteiger partial charge in [-0.25, -0.2) is 8.42 Å². The van der Waals surface area contributed by atoms with Gasteiger partial charge in [0, 0.05) is 38.5 Å². The molecule has 2 aromatic rings. The molecular formula is C22H31IN4O3S. The van der Waals surface area contributed by atoms with E-state index in [9.17, 15) is 13.2 Å². The van der Waals surface area contributed by atoms with E-state index in [1.807, 2.05) is 37.3 Å². The number of nitrogens with one attached hydrogen (secondary N) is 3. The molecule has 0 unspecified atom stereocenters. The summed E-state index contributed by atoms with van der Waals surface area (Å²) in [6.45, 7) is 4.82. The van der Waals surface area contributed by atoms with Crippen molar-refractivity contribution in [3.8, 4) is 0 Å². The predicted molar refractivity (Wildman–Crippen MR) is 137 cm³/mol. The number of benzene rings is 2. The Morgan fingerprint density at radius 3 is 2.23 bits per heavy atom. The van der Waals surface area contributed by atoms with Crippen LogP contribution in [0.3, 0.4) is 0 Å². The van der Waals surface area contributed by atoms with E-state index in [-0.39, 0.29) is 29.9 Å². The monoisotopic (exact) mass is 558 g/mol. The number of rotatable bonds is 8. The Hall–Kier alpha value is -2.14. The number of amides is 1. The molecule has 9 heteroatoms. The van der Waals surface area contributed by atoms with Gasteiger partial charge in [-0.1, -0.05) is 31.2 Å². The topological polar surface area (TPSA) is 99.7 Å². The number of aliphatic imine (C=N–C) groups is 1. The van der Waals surface area contributed by atoms with Gasteiger partial charge in [0.1, 0.15) is 0 Å². The van der Waals surface area contributed by atoms with Crippen molar-refractivity contribution in [2.75, 3.05) is 18.6 Å². The number of guanidine groups is 1. The number of carbonyl (C=O) groups is 1. The molecule has 0 aliphatic carbocycles. The molecule has 0 aromatic heterocycles. The maximum Gasteiger partial charge on any atom is 0.224 e. The third-order valence-corrected chi connectivity index (χ3v) is 5.73. The molecule has 7 nitrogen and oxygen atoms in total. The summed E-state index contributed by atoms with van der Waals surface area (Å²) in [7, 11) is -1.53. The van der Waals surface area contributed by atoms with Crippen LogP contribution in [-0.4, -0.2) is 33.6 Å². The van der Waals surface area contributed by atoms with Crippen molar-refractivity contribution in [2.24, 2.45) is 4.99 Å². The largest absolute Gasteiger partial charge is 0.352 e. The van der Waals surface area contributed by atoms with Crippen molar-refractivity contribution in [1.29, 1.82) is 0 Å². The first-order valence-electron chi connectivity index (χ1n) is 9.85. The van der Waals surface area contributed by atoms with Gasteiger partial charge in [0.25, 0.3) is 0 Å². The van der Waals surface area contributed by atoms with Crippen LogP contribution in [0.1, 0.15) is 36.5 Å². The highest BCUT2D eigenvalue weighted by Gasteiger charge is 2.11. The van der Waals surface area contributed by atoms with Gasteiger partial charge in [-0.05, 0) is 48.2 Å². The van der Waals surface area contributed by atoms with Crippen molar-refractivity contribution in [3.63, 3.8) is 0 Å². The van der Waals surface area contributed by atoms with Crippen molar-refractivity contribution in [2.45, 2.75) is 44.7 Å². The third kappa shape index (κ3) is 8.86. The maximum absolute atomic E-state index is 11.8. The summed E-state index contributed by atoms with van der Waals surface area (Å²) < 4.78 is 23.5. The van der Waals surface area contributed by atoms with Crippen molar-refractivity contribution in [1.82, 2.24) is 10.6 Å². The summed E-state index contributed by atoms with van der Waals surface area (Å²) in [5.74, 6) is 0.637. The lowest BCUT2D eigenvalue weighted by atomic mass is 10.1. The Bertz CT molecular complexity index is 1020. The number of anilines is 1. The van der Waals surface area contributed by atoms with Crippen LogP contribution >= 0.6 is 24.0 Å². The highest BCUT2D eigenvalue weighted by atomic mass is 127. The van der Waals surface area contributed by atoms with Crippen molar-refractivity contribution < 1.29 is 13.2 Å². The molecule has 2 aromatic carbocycles. The van der Waals surface area contributed by atoms with Gasteiger partial charge in [0.05, 0.1) is 4.90 Å². The van der Waals surface area contributed by atoms with E-state index < -0.39 is 9.84 Å². The molecule has 0 aliphatic rings. The second-order valence-corrected chi connectivity index (χ2v) is 9.13. The highest BCUT2D eigenvalue weighted by molar-refractivity contribution is 14.0. The summed E-state index contributed by atoms with van der Waals surface area (Å²) in [4.78, 5) is 16.3. The van der Waals surface area contributed by atoms with Gasteiger partial charge in [-0.15, -0.1) is 24.0 Å². The Balaban J connectivity index is 0.00000480. The molecule has 0 heterocycles. The van der Waals surface area contributed by atoms with E-state index in [2.05, 4.69) is 20.9 Å². The van der Waals surface area contributed by atoms with Gasteiger partial charge in [0.2, 0.25) is 5.91 Å². The number of hydrogen-bond acceptors (Lipinski definition) is 4. The number of sulfone groups is 1. The van der Waals surface area contributed by atoms with Gasteiger partial charge in [-0.3, -0.25) is 9.79 Å². The van der Waals surface area contributed by atoms with Gasteiger partial charge in [0.15, 0.2) is 15.8 Å². The SMILES string of the molecule is CCCC(=O)Nc1cccc(CNC(=NC)NCc2ccc(S(C)(=O)=O)c(C)c2)c1.I. The second-order valence-electron chi connectivity index (χ2n) is 7.15. The highest BCUT2D eigenvalue weighted by Crippen LogP contribution is 2.16. The van der Waals surface area contributed by atoms with Crippen LogP contribution in [-0.2, 0) is 27.7 Å². The zero-order valence-electron chi connectivity index (χ0n) is 18.4. The van der Waals surface area contributed by atoms with E-state index in [4.69, 9.17) is 0 Å². The van der Waals surface area contributed by atoms with Gasteiger partial charge in [-0.2, -0.15) is 0 Å². The fourth-order valence-electron chi connectivity index (χ4n) is 3.04. The lowest BCUT2D eigenvalue weighted by molar-refractivity contribution is -0.116. The molecular weight excluding hydrogens is 527 g/mol. The quantitative estimate of drug-likeness (QED) is 0.261. The molecule has 0 atom stereocenters. The van der Waals surface area contributed by atoms with E-state index in [1.165, 1.54) is 6.26 Å². The normalized spacial score (nSPS) is 11.4. The Morgan fingerprint density at radius 1 is 1.03 bits per heavy atom. The molecule has 0 radical (unpaired) electrons. The fourth-order valence-corrected chi connectivity index (χ4v) is 4.00. The van der Waals surface area contributed by atoms with Crippen molar-refractivity contribution in [3.05, 3.63) is 59.2 Å². The number of hydrogen-bond donors (Lipinski definition) is 3. The second kappa shape index (κ2) is 12.7. The number of carbonyl (C=O) groups excluding carboxylic acids is 1. The van der Waals surface area contributed by atoms with Crippen LogP contribution in [0.25, 0.3) is 0 Å². The standard InChI is InChI=1S/C22H30N4O3S.HI/c1-5-7-21(27)26-19-9-6-8-17(13-19)14-24-22(23-3)25-15-18-10-11-20(16(2)12-18)30(4,28)29;/h6,8-13H,5,7,14-15H2,1-4H3,(H,26,27)(H2,23,24,25);1H. The molecule has 3 N–H and O–H groups in total. The number of halogens is 1. The Kier molecular flexibility index (Phi) is 11.0. The van der Waals surface area contributed by atoms with E-state index in [1.54, 1.807) is 26.1 Å². The molecule has 170 valence electrons. The van der Waals surface area contributed by atoms with Crippen LogP contribution in [0.15, 0.2) is 52.4 Å². The van der Waals surface area contributed by atoms with Crippen LogP contribution in [0.5, 0.6) is 0 Å². The minimum absolute atomic E-state index is 0. The summed E-state index contributed by atoms with van der Waals surface area (Å²) in [6.07, 6.45) is 2.53. The first-order valence-corrected chi connectivity index (χ1v) is 11.7. The van der Waals surface area contributed by atoms with Crippen LogP contribution in [0, 0.1) is 6.92 Å². The average Bonchev–Trinajstić information content (AvgIpc) is 2.67. The molecule has 1 amide bonds. The van der Waals surface area contributed by atoms with E-state index >= 15 is 0 Å². The lowest BCUT2D eigenvalue weighted by Crippen LogP contribution is -2.36. The minimum atomic E-state index is -3.22. The van der Waals surface area contributed by atoms with Crippen molar-refractivity contribution >= 4 is 51.4 Å². The number of aryl methyl sites for hydroxylation is 1. The zero-order chi connectivity index (χ0) is 22.1. The van der Waals surface area contributed by atoms with Crippen LogP contribution < -0.4 is 16.0 Å². The van der Waals surface area contributed by atoms with Crippen LogP contribution in [0.4, 0.5) is 5.69 Å². The summed E-state index contributed by atoms with van der Waals surface area (Å²) in [5.41, 5.74) is 3.47. The molecule has 0 aliphatic heterocycles. The van der Waals surface area contributed by atoms with Gasteiger partial charge >= 0.3 is 0 Å². The molecule has 31 heavy (non-hydrogen) atoms. The predicted octanol–water partition coefficient (Wildman–Crippen LogP) is 3.62. The molecule has 0 saturated carbocycles. The number of nitrogens with zero attached hydrogens (tertiary/aromatic N) is 1. The lowest BCUT2D eigenvalue weighted by Gasteiger charge is -2.14. The average molecular weight is 558 g/mol. The summed E-state index contributed by atoms with van der Waals surface area (Å²) in [6, 6.07) is 13.0. The minimum Gasteiger partial charge on any atom is -0.352 e. The summed E-state index contributed by atoms with van der Waals surface area (Å²) in [5, 5.41) is 9.36.